The monoisotopic (exact) mass is 293 g/mol. The van der Waals surface area contributed by atoms with E-state index in [2.05, 4.69) is 10.5 Å². The molecule has 0 bridgehead atoms. The molecule has 108 valence electrons. The summed E-state index contributed by atoms with van der Waals surface area (Å²) in [5.74, 6) is 1.03. The Hall–Kier alpha value is -1.69. The molecule has 1 amide bonds. The zero-order valence-electron chi connectivity index (χ0n) is 11.2. The largest absolute Gasteiger partial charge is 0.409 e. The first-order valence-electron chi connectivity index (χ1n) is 6.63. The van der Waals surface area contributed by atoms with Crippen molar-refractivity contribution in [2.24, 2.45) is 10.9 Å². The van der Waals surface area contributed by atoms with Crippen molar-refractivity contribution in [1.82, 2.24) is 5.32 Å². The molecule has 2 rings (SSSR count). The summed E-state index contributed by atoms with van der Waals surface area (Å²) in [6.45, 7) is 0. The van der Waals surface area contributed by atoms with E-state index in [1.807, 2.05) is 30.0 Å². The maximum absolute atomic E-state index is 12.4. The highest BCUT2D eigenvalue weighted by Crippen LogP contribution is 2.20. The molecular weight excluding hydrogens is 274 g/mol. The van der Waals surface area contributed by atoms with Crippen LogP contribution in [-0.2, 0) is 4.79 Å². The molecule has 0 radical (unpaired) electrons. The molecular formula is C14H19N3O2S. The molecule has 2 unspecified atom stereocenters. The highest BCUT2D eigenvalue weighted by Gasteiger charge is 2.27. The second-order valence-corrected chi connectivity index (χ2v) is 5.94. The van der Waals surface area contributed by atoms with E-state index in [9.17, 15) is 4.79 Å². The van der Waals surface area contributed by atoms with Crippen LogP contribution in [0.15, 0.2) is 35.5 Å². The number of nitrogens with two attached hydrogens (primary N) is 1. The van der Waals surface area contributed by atoms with Gasteiger partial charge in [-0.15, -0.1) is 0 Å². The highest BCUT2D eigenvalue weighted by molar-refractivity contribution is 7.99. The van der Waals surface area contributed by atoms with Gasteiger partial charge in [-0.05, 0) is 24.2 Å². The zero-order valence-corrected chi connectivity index (χ0v) is 12.0. The second kappa shape index (κ2) is 7.19. The second-order valence-electron chi connectivity index (χ2n) is 4.79. The average Bonchev–Trinajstić information content (AvgIpc) is 2.49. The fraction of sp³-hybridized carbons (Fsp3) is 0.429. The van der Waals surface area contributed by atoms with Gasteiger partial charge in [-0.2, -0.15) is 11.8 Å². The number of nitrogens with zero attached hydrogens (tertiary/aromatic N) is 1. The Morgan fingerprint density at radius 2 is 2.20 bits per heavy atom. The molecule has 1 aromatic rings. The van der Waals surface area contributed by atoms with Gasteiger partial charge in [0.05, 0.1) is 0 Å². The minimum absolute atomic E-state index is 0.0860. The molecule has 1 aliphatic heterocycles. The van der Waals surface area contributed by atoms with Crippen molar-refractivity contribution in [2.75, 3.05) is 11.5 Å². The van der Waals surface area contributed by atoms with Gasteiger partial charge < -0.3 is 16.3 Å². The predicted octanol–water partition coefficient (Wildman–Crippen LogP) is 1.53. The van der Waals surface area contributed by atoms with E-state index in [4.69, 9.17) is 10.9 Å². The van der Waals surface area contributed by atoms with Gasteiger partial charge in [0.2, 0.25) is 5.91 Å². The number of benzene rings is 1. The third-order valence-corrected chi connectivity index (χ3v) is 4.53. The van der Waals surface area contributed by atoms with E-state index in [0.29, 0.717) is 0 Å². The Balaban J connectivity index is 2.12. The number of thioether (sulfide) groups is 1. The van der Waals surface area contributed by atoms with Gasteiger partial charge in [-0.3, -0.25) is 4.79 Å². The van der Waals surface area contributed by atoms with Gasteiger partial charge in [0.15, 0.2) is 5.84 Å². The molecule has 5 nitrogen and oxygen atoms in total. The van der Waals surface area contributed by atoms with Crippen LogP contribution in [0.3, 0.4) is 0 Å². The molecule has 0 aliphatic carbocycles. The van der Waals surface area contributed by atoms with Crippen LogP contribution in [0, 0.1) is 0 Å². The minimum Gasteiger partial charge on any atom is -0.409 e. The zero-order chi connectivity index (χ0) is 14.4. The minimum atomic E-state index is -0.742. The Morgan fingerprint density at radius 1 is 1.45 bits per heavy atom. The smallest absolute Gasteiger partial charge is 0.235 e. The number of hydrogen-bond donors (Lipinski definition) is 3. The van der Waals surface area contributed by atoms with Crippen molar-refractivity contribution in [2.45, 2.75) is 24.8 Å². The molecule has 1 saturated heterocycles. The fourth-order valence-electron chi connectivity index (χ4n) is 2.30. The molecule has 0 spiro atoms. The molecule has 6 heteroatoms. The van der Waals surface area contributed by atoms with Crippen LogP contribution < -0.4 is 11.1 Å². The summed E-state index contributed by atoms with van der Waals surface area (Å²) >= 11 is 1.84. The summed E-state index contributed by atoms with van der Waals surface area (Å²) in [5.41, 5.74) is 6.41. The van der Waals surface area contributed by atoms with Crippen molar-refractivity contribution in [3.8, 4) is 0 Å². The van der Waals surface area contributed by atoms with Gasteiger partial charge in [-0.1, -0.05) is 35.5 Å². The molecule has 20 heavy (non-hydrogen) atoms. The van der Waals surface area contributed by atoms with Crippen molar-refractivity contribution < 1.29 is 10.0 Å². The molecule has 0 aromatic heterocycles. The lowest BCUT2D eigenvalue weighted by Crippen LogP contribution is -2.44. The van der Waals surface area contributed by atoms with Crippen molar-refractivity contribution in [1.29, 1.82) is 0 Å². The summed E-state index contributed by atoms with van der Waals surface area (Å²) in [7, 11) is 0. The fourth-order valence-corrected chi connectivity index (χ4v) is 3.37. The summed E-state index contributed by atoms with van der Waals surface area (Å²) in [5, 5.41) is 14.9. The molecule has 1 fully saturated rings. The van der Waals surface area contributed by atoms with E-state index in [0.717, 1.165) is 29.9 Å². The number of carbonyl (C=O) groups excluding carboxylic acids is 1. The maximum atomic E-state index is 12.4. The van der Waals surface area contributed by atoms with E-state index in [1.54, 1.807) is 12.1 Å². The first-order valence-corrected chi connectivity index (χ1v) is 7.78. The molecule has 1 heterocycles. The Labute approximate surface area is 122 Å². The lowest BCUT2D eigenvalue weighted by Gasteiger charge is -2.25. The predicted molar refractivity (Wildman–Crippen MR) is 81.1 cm³/mol. The number of amidine groups is 1. The van der Waals surface area contributed by atoms with Gasteiger partial charge in [0, 0.05) is 11.8 Å². The van der Waals surface area contributed by atoms with Gasteiger partial charge in [0.1, 0.15) is 5.92 Å². The van der Waals surface area contributed by atoms with Crippen molar-refractivity contribution in [3.63, 3.8) is 0 Å². The average molecular weight is 293 g/mol. The number of rotatable bonds is 4. The lowest BCUT2D eigenvalue weighted by molar-refractivity contribution is -0.121. The third kappa shape index (κ3) is 3.66. The Bertz CT molecular complexity index is 473. The number of carbonyl (C=O) groups is 1. The van der Waals surface area contributed by atoms with E-state index < -0.39 is 5.92 Å². The Morgan fingerprint density at radius 3 is 2.80 bits per heavy atom. The van der Waals surface area contributed by atoms with Gasteiger partial charge in [0.25, 0.3) is 0 Å². The van der Waals surface area contributed by atoms with Crippen LogP contribution in [0.5, 0.6) is 0 Å². The number of nitrogens with one attached hydrogen (secondary N) is 1. The number of oxime groups is 1. The summed E-state index contributed by atoms with van der Waals surface area (Å²) in [4.78, 5) is 12.4. The molecule has 0 saturated carbocycles. The standard InChI is InChI=1S/C14H19N3O2S/c15-13(17-19)12(10-5-2-1-3-6-10)14(18)16-11-7-4-8-20-9-11/h1-3,5-6,11-12,19H,4,7-9H2,(H2,15,17)(H,16,18). The van der Waals surface area contributed by atoms with Gasteiger partial charge >= 0.3 is 0 Å². The van der Waals surface area contributed by atoms with Crippen LogP contribution in [0.2, 0.25) is 0 Å². The van der Waals surface area contributed by atoms with Crippen LogP contribution in [-0.4, -0.2) is 34.5 Å². The van der Waals surface area contributed by atoms with E-state index in [1.165, 1.54) is 0 Å². The van der Waals surface area contributed by atoms with Crippen LogP contribution in [0.4, 0.5) is 0 Å². The normalized spacial score (nSPS) is 21.2. The summed E-state index contributed by atoms with van der Waals surface area (Å²) in [6.07, 6.45) is 2.09. The SMILES string of the molecule is N/C(=N/O)C(C(=O)NC1CCCSC1)c1ccccc1. The third-order valence-electron chi connectivity index (χ3n) is 3.31. The van der Waals surface area contributed by atoms with Crippen LogP contribution in [0.25, 0.3) is 0 Å². The topological polar surface area (TPSA) is 87.7 Å². The van der Waals surface area contributed by atoms with E-state index in [-0.39, 0.29) is 17.8 Å². The van der Waals surface area contributed by atoms with Crippen molar-refractivity contribution >= 4 is 23.5 Å². The molecule has 2 atom stereocenters. The highest BCUT2D eigenvalue weighted by atomic mass is 32.2. The van der Waals surface area contributed by atoms with E-state index >= 15 is 0 Å². The van der Waals surface area contributed by atoms with Crippen molar-refractivity contribution in [3.05, 3.63) is 35.9 Å². The molecule has 1 aromatic carbocycles. The maximum Gasteiger partial charge on any atom is 0.235 e. The first-order chi connectivity index (χ1) is 9.72. The van der Waals surface area contributed by atoms with Crippen LogP contribution >= 0.6 is 11.8 Å². The first kappa shape index (κ1) is 14.7. The molecule has 4 N–H and O–H groups in total. The lowest BCUT2D eigenvalue weighted by atomic mass is 9.96. The Kier molecular flexibility index (Phi) is 5.29. The summed E-state index contributed by atoms with van der Waals surface area (Å²) in [6, 6.07) is 9.30. The molecule has 1 aliphatic rings. The quantitative estimate of drug-likeness (QED) is 0.340. The van der Waals surface area contributed by atoms with Crippen LogP contribution in [0.1, 0.15) is 24.3 Å². The number of hydrogen-bond acceptors (Lipinski definition) is 4. The number of amides is 1. The van der Waals surface area contributed by atoms with Gasteiger partial charge in [-0.25, -0.2) is 0 Å². The summed E-state index contributed by atoms with van der Waals surface area (Å²) < 4.78 is 0.